The number of benzene rings is 3. The molecule has 0 atom stereocenters. The van der Waals surface area contributed by atoms with E-state index in [9.17, 15) is 14.4 Å². The van der Waals surface area contributed by atoms with Gasteiger partial charge < -0.3 is 5.32 Å². The molecule has 1 aliphatic rings. The highest BCUT2D eigenvalue weighted by atomic mass is 32.1. The fourth-order valence-electron chi connectivity index (χ4n) is 4.25. The number of fused-ring (bicyclic) bond motifs is 2. The number of aryl methyl sites for hydroxylation is 1. The normalized spacial score (nSPS) is 12.9. The minimum absolute atomic E-state index is 0.0473. The number of carbonyl (C=O) groups is 3. The van der Waals surface area contributed by atoms with Gasteiger partial charge in [0.25, 0.3) is 11.8 Å². The molecule has 0 spiro atoms. The second kappa shape index (κ2) is 9.80. The monoisotopic (exact) mass is 483 g/mol. The van der Waals surface area contributed by atoms with Crippen LogP contribution in [0.15, 0.2) is 66.7 Å². The number of hydrogen-bond donors (Lipinski definition) is 1. The van der Waals surface area contributed by atoms with Gasteiger partial charge >= 0.3 is 0 Å². The smallest absolute Gasteiger partial charge is 0.261 e. The lowest BCUT2D eigenvalue weighted by Crippen LogP contribution is -2.30. The first-order valence-corrected chi connectivity index (χ1v) is 12.5. The summed E-state index contributed by atoms with van der Waals surface area (Å²) in [5, 5.41) is 3.90. The molecule has 0 saturated heterocycles. The van der Waals surface area contributed by atoms with Gasteiger partial charge in [-0.05, 0) is 73.9 Å². The van der Waals surface area contributed by atoms with Crippen LogP contribution in [0.3, 0.4) is 0 Å². The fourth-order valence-corrected chi connectivity index (χ4v) is 5.32. The van der Waals surface area contributed by atoms with E-state index in [4.69, 9.17) is 4.98 Å². The summed E-state index contributed by atoms with van der Waals surface area (Å²) >= 11 is 1.66. The van der Waals surface area contributed by atoms with E-state index in [1.54, 1.807) is 35.6 Å². The van der Waals surface area contributed by atoms with Crippen LogP contribution in [-0.4, -0.2) is 34.2 Å². The predicted molar refractivity (Wildman–Crippen MR) is 139 cm³/mol. The second-order valence-corrected chi connectivity index (χ2v) is 9.76. The molecule has 1 aromatic heterocycles. The van der Waals surface area contributed by atoms with Crippen molar-refractivity contribution in [2.45, 2.75) is 32.6 Å². The van der Waals surface area contributed by atoms with E-state index in [2.05, 4.69) is 24.4 Å². The average molecular weight is 484 g/mol. The van der Waals surface area contributed by atoms with Crippen molar-refractivity contribution >= 4 is 45.0 Å². The van der Waals surface area contributed by atoms with E-state index in [0.717, 1.165) is 28.2 Å². The van der Waals surface area contributed by atoms with E-state index in [0.29, 0.717) is 36.9 Å². The van der Waals surface area contributed by atoms with Gasteiger partial charge in [0.1, 0.15) is 5.01 Å². The van der Waals surface area contributed by atoms with Crippen LogP contribution in [0.25, 0.3) is 20.8 Å². The zero-order chi connectivity index (χ0) is 24.4. The molecule has 1 aliphatic heterocycles. The molecule has 0 bridgehead atoms. The molecule has 6 nitrogen and oxygen atoms in total. The lowest BCUT2D eigenvalue weighted by atomic mass is 10.1. The van der Waals surface area contributed by atoms with Gasteiger partial charge in [-0.15, -0.1) is 11.3 Å². The van der Waals surface area contributed by atoms with Gasteiger partial charge in [0.15, 0.2) is 0 Å². The number of nitrogens with zero attached hydrogens (tertiary/aromatic N) is 2. The lowest BCUT2D eigenvalue weighted by Gasteiger charge is -2.13. The Kier molecular flexibility index (Phi) is 6.42. The van der Waals surface area contributed by atoms with E-state index in [1.807, 2.05) is 30.3 Å². The van der Waals surface area contributed by atoms with Crippen molar-refractivity contribution in [2.75, 3.05) is 11.9 Å². The Morgan fingerprint density at radius 2 is 1.63 bits per heavy atom. The Bertz CT molecular complexity index is 1390. The Labute approximate surface area is 207 Å². The molecule has 2 heterocycles. The van der Waals surface area contributed by atoms with Crippen molar-refractivity contribution in [1.29, 1.82) is 0 Å². The van der Waals surface area contributed by atoms with Gasteiger partial charge in [-0.2, -0.15) is 0 Å². The molecule has 0 unspecified atom stereocenters. The second-order valence-electron chi connectivity index (χ2n) is 8.73. The third kappa shape index (κ3) is 4.86. The molecule has 3 amide bonds. The minimum atomic E-state index is -0.229. The lowest BCUT2D eigenvalue weighted by molar-refractivity contribution is -0.116. The minimum Gasteiger partial charge on any atom is -0.326 e. The topological polar surface area (TPSA) is 79.4 Å². The van der Waals surface area contributed by atoms with Crippen LogP contribution in [0.2, 0.25) is 0 Å². The largest absolute Gasteiger partial charge is 0.326 e. The average Bonchev–Trinajstić information content (AvgIpc) is 3.38. The summed E-state index contributed by atoms with van der Waals surface area (Å²) in [5.74, 6) is -0.505. The highest BCUT2D eigenvalue weighted by molar-refractivity contribution is 7.21. The molecular formula is C28H25N3O3S. The molecule has 0 saturated carbocycles. The first-order valence-electron chi connectivity index (χ1n) is 11.7. The molecule has 0 fully saturated rings. The third-order valence-corrected chi connectivity index (χ3v) is 7.19. The van der Waals surface area contributed by atoms with Crippen LogP contribution in [0.4, 0.5) is 5.69 Å². The van der Waals surface area contributed by atoms with Gasteiger partial charge in [0.2, 0.25) is 5.91 Å². The number of amides is 3. The fraction of sp³-hybridized carbons (Fsp3) is 0.214. The maximum atomic E-state index is 12.4. The number of unbranched alkanes of at least 4 members (excludes halogenated alkanes) is 2. The first kappa shape index (κ1) is 22.9. The predicted octanol–water partition coefficient (Wildman–Crippen LogP) is 6.07. The number of imide groups is 1. The summed E-state index contributed by atoms with van der Waals surface area (Å²) in [7, 11) is 0. The first-order chi connectivity index (χ1) is 17.0. The SMILES string of the molecule is Cc1ccc2nc(-c3ccc(NC(=O)CCCCCN4C(=O)c5ccccc5C4=O)cc3)sc2c1. The highest BCUT2D eigenvalue weighted by Crippen LogP contribution is 2.31. The van der Waals surface area contributed by atoms with Crippen molar-refractivity contribution < 1.29 is 14.4 Å². The number of thiazole rings is 1. The van der Waals surface area contributed by atoms with Gasteiger partial charge in [0.05, 0.1) is 21.3 Å². The molecular weight excluding hydrogens is 458 g/mol. The summed E-state index contributed by atoms with van der Waals surface area (Å²) in [4.78, 5) is 43.1. The zero-order valence-electron chi connectivity index (χ0n) is 19.4. The zero-order valence-corrected chi connectivity index (χ0v) is 20.2. The summed E-state index contributed by atoms with van der Waals surface area (Å²) in [6.45, 7) is 2.45. The summed E-state index contributed by atoms with van der Waals surface area (Å²) < 4.78 is 1.17. The van der Waals surface area contributed by atoms with Crippen molar-refractivity contribution in [1.82, 2.24) is 9.88 Å². The summed E-state index contributed by atoms with van der Waals surface area (Å²) in [6.07, 6.45) is 2.52. The molecule has 4 aromatic rings. The van der Waals surface area contributed by atoms with E-state index < -0.39 is 0 Å². The molecule has 3 aromatic carbocycles. The van der Waals surface area contributed by atoms with E-state index in [1.165, 1.54) is 15.2 Å². The third-order valence-electron chi connectivity index (χ3n) is 6.12. The van der Waals surface area contributed by atoms with Crippen molar-refractivity contribution in [3.05, 3.63) is 83.4 Å². The van der Waals surface area contributed by atoms with Gasteiger partial charge in [-0.25, -0.2) is 4.98 Å². The number of hydrogen-bond acceptors (Lipinski definition) is 5. The number of aromatic nitrogens is 1. The molecule has 35 heavy (non-hydrogen) atoms. The van der Waals surface area contributed by atoms with Crippen LogP contribution < -0.4 is 5.32 Å². The highest BCUT2D eigenvalue weighted by Gasteiger charge is 2.34. The van der Waals surface area contributed by atoms with Crippen LogP contribution >= 0.6 is 11.3 Å². The number of carbonyl (C=O) groups excluding carboxylic acids is 3. The Hall–Kier alpha value is -3.84. The Morgan fingerprint density at radius 3 is 2.34 bits per heavy atom. The van der Waals surface area contributed by atoms with Crippen LogP contribution in [0, 0.1) is 6.92 Å². The summed E-state index contributed by atoms with van der Waals surface area (Å²) in [5.41, 5.74) is 4.93. The van der Waals surface area contributed by atoms with Crippen molar-refractivity contribution in [2.24, 2.45) is 0 Å². The molecule has 1 N–H and O–H groups in total. The van der Waals surface area contributed by atoms with Crippen LogP contribution in [0.5, 0.6) is 0 Å². The van der Waals surface area contributed by atoms with Crippen LogP contribution in [-0.2, 0) is 4.79 Å². The molecule has 7 heteroatoms. The molecule has 176 valence electrons. The molecule has 0 radical (unpaired) electrons. The maximum absolute atomic E-state index is 12.4. The number of rotatable bonds is 8. The Balaban J connectivity index is 1.07. The quantitative estimate of drug-likeness (QED) is 0.244. The standard InChI is InChI=1S/C28H25N3O3S/c1-18-10-15-23-24(17-18)35-26(30-23)19-11-13-20(14-12-19)29-25(32)9-3-2-6-16-31-27(33)21-7-4-5-8-22(21)28(31)34/h4-5,7-8,10-15,17H,2-3,6,9,16H2,1H3,(H,29,32). The van der Waals surface area contributed by atoms with Crippen molar-refractivity contribution in [3.8, 4) is 10.6 Å². The summed E-state index contributed by atoms with van der Waals surface area (Å²) in [6, 6.07) is 20.9. The van der Waals surface area contributed by atoms with E-state index in [-0.39, 0.29) is 17.7 Å². The van der Waals surface area contributed by atoms with Gasteiger partial charge in [0, 0.05) is 24.2 Å². The molecule has 0 aliphatic carbocycles. The number of nitrogens with one attached hydrogen (secondary N) is 1. The van der Waals surface area contributed by atoms with Gasteiger partial charge in [-0.1, -0.05) is 24.6 Å². The van der Waals surface area contributed by atoms with Crippen molar-refractivity contribution in [3.63, 3.8) is 0 Å². The maximum Gasteiger partial charge on any atom is 0.261 e. The molecule has 5 rings (SSSR count). The number of anilines is 1. The van der Waals surface area contributed by atoms with Gasteiger partial charge in [-0.3, -0.25) is 19.3 Å². The van der Waals surface area contributed by atoms with E-state index >= 15 is 0 Å². The van der Waals surface area contributed by atoms with Crippen LogP contribution in [0.1, 0.15) is 52.0 Å². The Morgan fingerprint density at radius 1 is 0.914 bits per heavy atom.